The van der Waals surface area contributed by atoms with Crippen molar-refractivity contribution in [2.45, 2.75) is 45.7 Å². The molecule has 0 unspecified atom stereocenters. The van der Waals surface area contributed by atoms with Gasteiger partial charge in [0.05, 0.1) is 17.1 Å². The maximum absolute atomic E-state index is 11.8. The molecule has 2 aromatic rings. The van der Waals surface area contributed by atoms with Crippen molar-refractivity contribution in [2.75, 3.05) is 6.54 Å². The zero-order chi connectivity index (χ0) is 14.1. The number of carbonyl (C=O) groups is 1. The average Bonchev–Trinajstić information content (AvgIpc) is 3.04. The Morgan fingerprint density at radius 3 is 2.95 bits per heavy atom. The summed E-state index contributed by atoms with van der Waals surface area (Å²) in [6.07, 6.45) is 3.16. The highest BCUT2D eigenvalue weighted by Gasteiger charge is 2.31. The Morgan fingerprint density at radius 1 is 1.40 bits per heavy atom. The van der Waals surface area contributed by atoms with E-state index in [1.807, 2.05) is 11.0 Å². The van der Waals surface area contributed by atoms with Gasteiger partial charge in [-0.2, -0.15) is 0 Å². The quantitative estimate of drug-likeness (QED) is 0.860. The van der Waals surface area contributed by atoms with Crippen LogP contribution in [0.1, 0.15) is 45.0 Å². The average molecular weight is 271 g/mol. The smallest absolute Gasteiger partial charge is 0.220 e. The van der Waals surface area contributed by atoms with Gasteiger partial charge in [-0.25, -0.2) is 4.98 Å². The summed E-state index contributed by atoms with van der Waals surface area (Å²) in [5.41, 5.74) is 2.21. The van der Waals surface area contributed by atoms with Crippen molar-refractivity contribution in [1.82, 2.24) is 14.5 Å². The number of likely N-dealkylation sites (tertiary alicyclic amines) is 1. The van der Waals surface area contributed by atoms with Gasteiger partial charge in [-0.3, -0.25) is 4.79 Å². The van der Waals surface area contributed by atoms with Gasteiger partial charge in [0.25, 0.3) is 0 Å². The van der Waals surface area contributed by atoms with E-state index in [-0.39, 0.29) is 11.9 Å². The largest absolute Gasteiger partial charge is 0.333 e. The van der Waals surface area contributed by atoms with Crippen LogP contribution in [0.3, 0.4) is 0 Å². The fraction of sp³-hybridized carbons (Fsp3) is 0.500. The maximum atomic E-state index is 11.8. The standard InChI is InChI=1S/C16H21N3O/c1-3-10-19-14-8-5-4-7-13(14)17-16(19)15-9-6-11-18(15)12(2)20/h4-5,7-8,15H,3,6,9-11H2,1-2H3/t15-/m1/s1. The molecule has 20 heavy (non-hydrogen) atoms. The Bertz CT molecular complexity index is 632. The lowest BCUT2D eigenvalue weighted by Gasteiger charge is -2.23. The summed E-state index contributed by atoms with van der Waals surface area (Å²) >= 11 is 0. The van der Waals surface area contributed by atoms with Gasteiger partial charge in [0.15, 0.2) is 0 Å². The second-order valence-electron chi connectivity index (χ2n) is 5.48. The number of hydrogen-bond donors (Lipinski definition) is 0. The summed E-state index contributed by atoms with van der Waals surface area (Å²) in [5, 5.41) is 0. The number of para-hydroxylation sites is 2. The lowest BCUT2D eigenvalue weighted by Crippen LogP contribution is -2.29. The van der Waals surface area contributed by atoms with Gasteiger partial charge in [0.2, 0.25) is 5.91 Å². The summed E-state index contributed by atoms with van der Waals surface area (Å²) in [5.74, 6) is 1.21. The number of benzene rings is 1. The van der Waals surface area contributed by atoms with E-state index in [1.165, 1.54) is 5.52 Å². The third-order valence-electron chi connectivity index (χ3n) is 4.09. The predicted octanol–water partition coefficient (Wildman–Crippen LogP) is 3.13. The highest BCUT2D eigenvalue weighted by atomic mass is 16.2. The molecule has 1 amide bonds. The van der Waals surface area contributed by atoms with Crippen molar-refractivity contribution in [3.8, 4) is 0 Å². The van der Waals surface area contributed by atoms with Gasteiger partial charge in [0, 0.05) is 20.0 Å². The van der Waals surface area contributed by atoms with Crippen LogP contribution in [0.4, 0.5) is 0 Å². The normalized spacial score (nSPS) is 18.9. The van der Waals surface area contributed by atoms with E-state index in [9.17, 15) is 4.79 Å². The number of aromatic nitrogens is 2. The van der Waals surface area contributed by atoms with Gasteiger partial charge in [-0.1, -0.05) is 19.1 Å². The Hall–Kier alpha value is -1.84. The molecule has 0 radical (unpaired) electrons. The highest BCUT2D eigenvalue weighted by Crippen LogP contribution is 2.33. The van der Waals surface area contributed by atoms with Crippen LogP contribution in [-0.2, 0) is 11.3 Å². The van der Waals surface area contributed by atoms with Crippen molar-refractivity contribution in [3.63, 3.8) is 0 Å². The molecular formula is C16H21N3O. The first kappa shape index (κ1) is 13.2. The monoisotopic (exact) mass is 271 g/mol. The van der Waals surface area contributed by atoms with Crippen molar-refractivity contribution < 1.29 is 4.79 Å². The third kappa shape index (κ3) is 2.09. The van der Waals surface area contributed by atoms with Crippen LogP contribution in [0.2, 0.25) is 0 Å². The Kier molecular flexibility index (Phi) is 3.47. The van der Waals surface area contributed by atoms with Crippen LogP contribution in [0.5, 0.6) is 0 Å². The van der Waals surface area contributed by atoms with E-state index in [4.69, 9.17) is 4.98 Å². The molecule has 0 spiro atoms. The second kappa shape index (κ2) is 5.27. The zero-order valence-corrected chi connectivity index (χ0v) is 12.2. The first-order valence-corrected chi connectivity index (χ1v) is 7.44. The van der Waals surface area contributed by atoms with Crippen LogP contribution in [0.25, 0.3) is 11.0 Å². The molecule has 0 N–H and O–H groups in total. The summed E-state index contributed by atoms with van der Waals surface area (Å²) < 4.78 is 2.29. The molecule has 2 heterocycles. The number of nitrogens with zero attached hydrogens (tertiary/aromatic N) is 3. The molecule has 1 saturated heterocycles. The van der Waals surface area contributed by atoms with Crippen molar-refractivity contribution in [3.05, 3.63) is 30.1 Å². The summed E-state index contributed by atoms with van der Waals surface area (Å²) in [7, 11) is 0. The molecule has 1 atom stereocenters. The van der Waals surface area contributed by atoms with E-state index in [2.05, 4.69) is 29.7 Å². The number of fused-ring (bicyclic) bond motifs is 1. The molecule has 106 valence electrons. The molecule has 0 aliphatic carbocycles. The minimum Gasteiger partial charge on any atom is -0.333 e. The first-order chi connectivity index (χ1) is 9.72. The number of carbonyl (C=O) groups excluding carboxylic acids is 1. The fourth-order valence-corrected chi connectivity index (χ4v) is 3.22. The van der Waals surface area contributed by atoms with Gasteiger partial charge < -0.3 is 9.47 Å². The van der Waals surface area contributed by atoms with Gasteiger partial charge in [0.1, 0.15) is 5.82 Å². The summed E-state index contributed by atoms with van der Waals surface area (Å²) in [6, 6.07) is 8.39. The topological polar surface area (TPSA) is 38.1 Å². The van der Waals surface area contributed by atoms with E-state index < -0.39 is 0 Å². The molecule has 1 aromatic carbocycles. The SMILES string of the molecule is CCCn1c([C@H]2CCCN2C(C)=O)nc2ccccc21. The summed E-state index contributed by atoms with van der Waals surface area (Å²) in [4.78, 5) is 18.6. The lowest BCUT2D eigenvalue weighted by atomic mass is 10.2. The number of imidazole rings is 1. The van der Waals surface area contributed by atoms with Gasteiger partial charge in [-0.15, -0.1) is 0 Å². The van der Waals surface area contributed by atoms with E-state index in [0.29, 0.717) is 0 Å². The zero-order valence-electron chi connectivity index (χ0n) is 12.2. The molecule has 1 aromatic heterocycles. The minimum atomic E-state index is 0.145. The van der Waals surface area contributed by atoms with Gasteiger partial charge >= 0.3 is 0 Å². The van der Waals surface area contributed by atoms with Crippen LogP contribution in [-0.4, -0.2) is 26.9 Å². The van der Waals surface area contributed by atoms with E-state index in [1.54, 1.807) is 6.92 Å². The molecule has 1 aliphatic heterocycles. The van der Waals surface area contributed by atoms with Crippen LogP contribution >= 0.6 is 0 Å². The molecule has 0 bridgehead atoms. The van der Waals surface area contributed by atoms with Crippen LogP contribution in [0, 0.1) is 0 Å². The fourth-order valence-electron chi connectivity index (χ4n) is 3.22. The van der Waals surface area contributed by atoms with Crippen molar-refractivity contribution >= 4 is 16.9 Å². The van der Waals surface area contributed by atoms with Gasteiger partial charge in [-0.05, 0) is 31.4 Å². The molecule has 0 saturated carbocycles. The predicted molar refractivity (Wildman–Crippen MR) is 79.4 cm³/mol. The third-order valence-corrected chi connectivity index (χ3v) is 4.09. The van der Waals surface area contributed by atoms with Crippen LogP contribution < -0.4 is 0 Å². The molecular weight excluding hydrogens is 250 g/mol. The number of aryl methyl sites for hydroxylation is 1. The van der Waals surface area contributed by atoms with Crippen molar-refractivity contribution in [2.24, 2.45) is 0 Å². The Balaban J connectivity index is 2.10. The minimum absolute atomic E-state index is 0.145. The molecule has 4 heteroatoms. The first-order valence-electron chi connectivity index (χ1n) is 7.44. The molecule has 4 nitrogen and oxygen atoms in total. The molecule has 1 fully saturated rings. The van der Waals surface area contributed by atoms with E-state index in [0.717, 1.165) is 43.7 Å². The maximum Gasteiger partial charge on any atom is 0.220 e. The number of hydrogen-bond acceptors (Lipinski definition) is 2. The lowest BCUT2D eigenvalue weighted by molar-refractivity contribution is -0.129. The number of rotatable bonds is 3. The Labute approximate surface area is 119 Å². The van der Waals surface area contributed by atoms with E-state index >= 15 is 0 Å². The Morgan fingerprint density at radius 2 is 2.20 bits per heavy atom. The molecule has 3 rings (SSSR count). The molecule has 1 aliphatic rings. The van der Waals surface area contributed by atoms with Crippen molar-refractivity contribution in [1.29, 1.82) is 0 Å². The summed E-state index contributed by atoms with van der Waals surface area (Å²) in [6.45, 7) is 5.65. The van der Waals surface area contributed by atoms with Crippen LogP contribution in [0.15, 0.2) is 24.3 Å². The number of amides is 1. The highest BCUT2D eigenvalue weighted by molar-refractivity contribution is 5.77. The second-order valence-corrected chi connectivity index (χ2v) is 5.48.